The number of nitriles is 1. The topological polar surface area (TPSA) is 79.2 Å². The van der Waals surface area contributed by atoms with E-state index in [1.807, 2.05) is 24.3 Å². The van der Waals surface area contributed by atoms with E-state index in [1.54, 1.807) is 12.1 Å². The third-order valence-electron chi connectivity index (χ3n) is 4.84. The second-order valence-corrected chi connectivity index (χ2v) is 6.60. The van der Waals surface area contributed by atoms with Gasteiger partial charge in [0.05, 0.1) is 0 Å². The number of hydrogen-bond donors (Lipinski definition) is 1. The third-order valence-corrected chi connectivity index (χ3v) is 4.84. The van der Waals surface area contributed by atoms with Crippen LogP contribution in [0.3, 0.4) is 0 Å². The molecule has 0 radical (unpaired) electrons. The molecule has 1 amide bonds. The Bertz CT molecular complexity index is 676. The Hall–Kier alpha value is -2.61. The molecule has 0 heterocycles. The van der Waals surface area contributed by atoms with Gasteiger partial charge in [0.2, 0.25) is 0 Å². The van der Waals surface area contributed by atoms with Gasteiger partial charge in [-0.2, -0.15) is 5.26 Å². The van der Waals surface area contributed by atoms with E-state index in [2.05, 4.69) is 19.2 Å². The quantitative estimate of drug-likeness (QED) is 0.507. The molecule has 1 saturated carbocycles. The average Bonchev–Trinajstić information content (AvgIpc) is 2.62. The summed E-state index contributed by atoms with van der Waals surface area (Å²) in [5.41, 5.74) is 0.601. The van der Waals surface area contributed by atoms with E-state index in [0.29, 0.717) is 11.8 Å². The first-order valence-corrected chi connectivity index (χ1v) is 8.64. The Morgan fingerprint density at radius 2 is 2.00 bits per heavy atom. The lowest BCUT2D eigenvalue weighted by Gasteiger charge is -2.34. The van der Waals surface area contributed by atoms with Crippen LogP contribution in [0.5, 0.6) is 0 Å². The molecule has 1 aromatic rings. The van der Waals surface area contributed by atoms with Crippen molar-refractivity contribution in [1.29, 1.82) is 5.26 Å². The van der Waals surface area contributed by atoms with Gasteiger partial charge in [-0.15, -0.1) is 0 Å². The van der Waals surface area contributed by atoms with Crippen molar-refractivity contribution in [2.45, 2.75) is 39.2 Å². The highest BCUT2D eigenvalue weighted by Gasteiger charge is 2.28. The number of nitrogens with zero attached hydrogens (tertiary/aromatic N) is 1. The molecule has 5 nitrogen and oxygen atoms in total. The van der Waals surface area contributed by atoms with Gasteiger partial charge in [-0.1, -0.05) is 57.0 Å². The van der Waals surface area contributed by atoms with Gasteiger partial charge < -0.3 is 10.1 Å². The molecule has 3 unspecified atom stereocenters. The summed E-state index contributed by atoms with van der Waals surface area (Å²) in [6, 6.07) is 11.0. The molecular weight excluding hydrogens is 316 g/mol. The van der Waals surface area contributed by atoms with Gasteiger partial charge in [0.15, 0.2) is 6.61 Å². The first-order chi connectivity index (χ1) is 12.0. The van der Waals surface area contributed by atoms with Gasteiger partial charge in [0.25, 0.3) is 5.91 Å². The minimum atomic E-state index is -0.786. The molecule has 0 spiro atoms. The molecule has 1 aromatic carbocycles. The maximum atomic E-state index is 12.0. The smallest absolute Gasteiger partial charge is 0.349 e. The summed E-state index contributed by atoms with van der Waals surface area (Å²) in [7, 11) is 0. The van der Waals surface area contributed by atoms with Crippen LogP contribution in [-0.2, 0) is 14.3 Å². The molecule has 25 heavy (non-hydrogen) atoms. The zero-order valence-electron chi connectivity index (χ0n) is 14.7. The van der Waals surface area contributed by atoms with Gasteiger partial charge >= 0.3 is 5.97 Å². The van der Waals surface area contributed by atoms with E-state index in [-0.39, 0.29) is 24.1 Å². The van der Waals surface area contributed by atoms with E-state index in [9.17, 15) is 9.59 Å². The van der Waals surface area contributed by atoms with Crippen LogP contribution in [0, 0.1) is 23.2 Å². The number of nitrogens with one attached hydrogen (secondary N) is 1. The van der Waals surface area contributed by atoms with Crippen LogP contribution < -0.4 is 5.32 Å². The number of carbonyl (C=O) groups is 2. The molecule has 0 saturated heterocycles. The number of amides is 1. The van der Waals surface area contributed by atoms with Gasteiger partial charge in [-0.3, -0.25) is 4.79 Å². The Morgan fingerprint density at radius 1 is 1.28 bits per heavy atom. The summed E-state index contributed by atoms with van der Waals surface area (Å²) in [6.07, 6.45) is 4.67. The van der Waals surface area contributed by atoms with Crippen molar-refractivity contribution in [2.24, 2.45) is 11.8 Å². The summed E-state index contributed by atoms with van der Waals surface area (Å²) >= 11 is 0. The molecule has 1 aliphatic carbocycles. The molecule has 2 rings (SSSR count). The fraction of sp³-hybridized carbons (Fsp3) is 0.450. The number of hydrogen-bond acceptors (Lipinski definition) is 4. The standard InChI is InChI=1S/C20H24N2O3/c1-14-7-6-10-18(15(14)2)22-19(23)13-25-20(24)17(12-21)11-16-8-4-3-5-9-16/h3-5,8-9,11,14-15,18H,6-7,10,13H2,1-2H3,(H,22,23). The number of benzene rings is 1. The molecule has 0 bridgehead atoms. The Kier molecular flexibility index (Phi) is 6.76. The van der Waals surface area contributed by atoms with Gasteiger partial charge in [0.1, 0.15) is 11.6 Å². The summed E-state index contributed by atoms with van der Waals surface area (Å²) in [6.45, 7) is 3.96. The molecule has 1 N–H and O–H groups in total. The van der Waals surface area contributed by atoms with Crippen molar-refractivity contribution in [1.82, 2.24) is 5.32 Å². The highest BCUT2D eigenvalue weighted by Crippen LogP contribution is 2.29. The average molecular weight is 340 g/mol. The normalized spacial score (nSPS) is 23.4. The predicted molar refractivity (Wildman–Crippen MR) is 95.1 cm³/mol. The fourth-order valence-corrected chi connectivity index (χ4v) is 3.10. The predicted octanol–water partition coefficient (Wildman–Crippen LogP) is 3.08. The first kappa shape index (κ1) is 18.7. The second-order valence-electron chi connectivity index (χ2n) is 6.60. The maximum Gasteiger partial charge on any atom is 0.349 e. The van der Waals surface area contributed by atoms with Crippen molar-refractivity contribution in [3.8, 4) is 6.07 Å². The largest absolute Gasteiger partial charge is 0.451 e. The molecule has 5 heteroatoms. The van der Waals surface area contributed by atoms with Gasteiger partial charge in [-0.05, 0) is 29.9 Å². The Balaban J connectivity index is 1.87. The molecule has 0 aliphatic heterocycles. The van der Waals surface area contributed by atoms with Gasteiger partial charge in [0, 0.05) is 6.04 Å². The number of rotatable bonds is 5. The lowest BCUT2D eigenvalue weighted by Crippen LogP contribution is -2.45. The highest BCUT2D eigenvalue weighted by atomic mass is 16.5. The minimum absolute atomic E-state index is 0.116. The minimum Gasteiger partial charge on any atom is -0.451 e. The van der Waals surface area contributed by atoms with Crippen LogP contribution in [0.4, 0.5) is 0 Å². The van der Waals surface area contributed by atoms with Crippen LogP contribution in [0.2, 0.25) is 0 Å². The van der Waals surface area contributed by atoms with Crippen molar-refractivity contribution < 1.29 is 14.3 Å². The highest BCUT2D eigenvalue weighted by molar-refractivity contribution is 5.98. The summed E-state index contributed by atoms with van der Waals surface area (Å²) in [5.74, 6) is -0.135. The van der Waals surface area contributed by atoms with E-state index in [0.717, 1.165) is 18.4 Å². The van der Waals surface area contributed by atoms with Crippen molar-refractivity contribution in [3.05, 3.63) is 41.5 Å². The number of esters is 1. The zero-order chi connectivity index (χ0) is 18.2. The maximum absolute atomic E-state index is 12.0. The van der Waals surface area contributed by atoms with E-state index < -0.39 is 5.97 Å². The molecule has 3 atom stereocenters. The Labute approximate surface area is 148 Å². The first-order valence-electron chi connectivity index (χ1n) is 8.64. The molecule has 0 aromatic heterocycles. The van der Waals surface area contributed by atoms with Crippen molar-refractivity contribution in [3.63, 3.8) is 0 Å². The summed E-state index contributed by atoms with van der Waals surface area (Å²) in [5, 5.41) is 12.1. The van der Waals surface area contributed by atoms with Crippen LogP contribution in [0.1, 0.15) is 38.7 Å². The Morgan fingerprint density at radius 3 is 2.68 bits per heavy atom. The van der Waals surface area contributed by atoms with E-state index >= 15 is 0 Å². The van der Waals surface area contributed by atoms with E-state index in [4.69, 9.17) is 10.00 Å². The van der Waals surface area contributed by atoms with Crippen LogP contribution in [0.15, 0.2) is 35.9 Å². The van der Waals surface area contributed by atoms with Crippen molar-refractivity contribution >= 4 is 18.0 Å². The lowest BCUT2D eigenvalue weighted by atomic mass is 9.78. The van der Waals surface area contributed by atoms with Crippen LogP contribution in [-0.4, -0.2) is 24.5 Å². The monoisotopic (exact) mass is 340 g/mol. The SMILES string of the molecule is CC1CCCC(NC(=O)COC(=O)C(C#N)=Cc2ccccc2)C1C. The van der Waals surface area contributed by atoms with Crippen molar-refractivity contribution in [2.75, 3.05) is 6.61 Å². The summed E-state index contributed by atoms with van der Waals surface area (Å²) < 4.78 is 4.99. The number of ether oxygens (including phenoxy) is 1. The lowest BCUT2D eigenvalue weighted by molar-refractivity contribution is -0.144. The molecule has 1 fully saturated rings. The fourth-order valence-electron chi connectivity index (χ4n) is 3.10. The molecule has 132 valence electrons. The van der Waals surface area contributed by atoms with Gasteiger partial charge in [-0.25, -0.2) is 4.79 Å². The van der Waals surface area contributed by atoms with Crippen LogP contribution >= 0.6 is 0 Å². The summed E-state index contributed by atoms with van der Waals surface area (Å²) in [4.78, 5) is 24.0. The second kappa shape index (κ2) is 9.03. The molecule has 1 aliphatic rings. The third kappa shape index (κ3) is 5.46. The zero-order valence-corrected chi connectivity index (χ0v) is 14.7. The number of carbonyl (C=O) groups excluding carboxylic acids is 2. The molecular formula is C20H24N2O3. The van der Waals surface area contributed by atoms with Crippen LogP contribution in [0.25, 0.3) is 6.08 Å². The van der Waals surface area contributed by atoms with E-state index in [1.165, 1.54) is 12.5 Å².